The van der Waals surface area contributed by atoms with Gasteiger partial charge in [0.15, 0.2) is 0 Å². The van der Waals surface area contributed by atoms with E-state index in [-0.39, 0.29) is 0 Å². The second kappa shape index (κ2) is 6.65. The van der Waals surface area contributed by atoms with Crippen LogP contribution >= 0.6 is 0 Å². The first kappa shape index (κ1) is 15.3. The van der Waals surface area contributed by atoms with Crippen LogP contribution in [0.1, 0.15) is 29.5 Å². The third-order valence-electron chi connectivity index (χ3n) is 4.00. The number of aromatic nitrogens is 2. The SMILES string of the molecule is CCc1cccc(C)c1NCc1nnc(-c2ccccc2C)o1. The maximum atomic E-state index is 5.80. The fraction of sp³-hybridized carbons (Fsp3) is 0.263. The number of nitrogens with zero attached hydrogens (tertiary/aromatic N) is 2. The molecule has 0 aliphatic heterocycles. The Kier molecular flexibility index (Phi) is 4.42. The Morgan fingerprint density at radius 3 is 2.52 bits per heavy atom. The molecule has 0 saturated heterocycles. The van der Waals surface area contributed by atoms with Crippen LogP contribution in [-0.4, -0.2) is 10.2 Å². The lowest BCUT2D eigenvalue weighted by atomic mass is 10.1. The van der Waals surface area contributed by atoms with Gasteiger partial charge in [0, 0.05) is 11.3 Å². The number of rotatable bonds is 5. The Morgan fingerprint density at radius 2 is 1.74 bits per heavy atom. The number of nitrogens with one attached hydrogen (secondary N) is 1. The molecule has 118 valence electrons. The Hall–Kier alpha value is -2.62. The van der Waals surface area contributed by atoms with Crippen LogP contribution in [0.3, 0.4) is 0 Å². The molecule has 4 heteroatoms. The van der Waals surface area contributed by atoms with Crippen LogP contribution in [0.15, 0.2) is 46.9 Å². The first-order chi connectivity index (χ1) is 11.2. The normalized spacial score (nSPS) is 10.7. The van der Waals surface area contributed by atoms with Crippen LogP contribution in [0.5, 0.6) is 0 Å². The fourth-order valence-corrected chi connectivity index (χ4v) is 2.69. The van der Waals surface area contributed by atoms with Crippen molar-refractivity contribution in [3.63, 3.8) is 0 Å². The van der Waals surface area contributed by atoms with Gasteiger partial charge >= 0.3 is 0 Å². The number of hydrogen-bond acceptors (Lipinski definition) is 4. The molecule has 0 radical (unpaired) electrons. The van der Waals surface area contributed by atoms with E-state index >= 15 is 0 Å². The molecule has 0 amide bonds. The van der Waals surface area contributed by atoms with Crippen molar-refractivity contribution < 1.29 is 4.42 Å². The molecule has 1 N–H and O–H groups in total. The number of hydrogen-bond donors (Lipinski definition) is 1. The third kappa shape index (κ3) is 3.26. The van der Waals surface area contributed by atoms with Crippen molar-refractivity contribution in [3.8, 4) is 11.5 Å². The summed E-state index contributed by atoms with van der Waals surface area (Å²) in [7, 11) is 0. The average molecular weight is 307 g/mol. The largest absolute Gasteiger partial charge is 0.419 e. The molecule has 23 heavy (non-hydrogen) atoms. The third-order valence-corrected chi connectivity index (χ3v) is 4.00. The van der Waals surface area contributed by atoms with Gasteiger partial charge < -0.3 is 9.73 Å². The van der Waals surface area contributed by atoms with E-state index in [1.807, 2.05) is 31.2 Å². The van der Waals surface area contributed by atoms with E-state index in [9.17, 15) is 0 Å². The Bertz CT molecular complexity index is 808. The molecule has 1 heterocycles. The summed E-state index contributed by atoms with van der Waals surface area (Å²) in [5.41, 5.74) is 5.79. The molecule has 1 aromatic heterocycles. The minimum absolute atomic E-state index is 0.525. The molecule has 3 rings (SSSR count). The maximum absolute atomic E-state index is 5.80. The Labute approximate surface area is 136 Å². The number of anilines is 1. The van der Waals surface area contributed by atoms with E-state index in [1.54, 1.807) is 0 Å². The zero-order valence-corrected chi connectivity index (χ0v) is 13.8. The summed E-state index contributed by atoms with van der Waals surface area (Å²) in [6.45, 7) is 6.83. The highest BCUT2D eigenvalue weighted by Gasteiger charge is 2.11. The van der Waals surface area contributed by atoms with E-state index < -0.39 is 0 Å². The summed E-state index contributed by atoms with van der Waals surface area (Å²) in [5, 5.41) is 11.8. The first-order valence-electron chi connectivity index (χ1n) is 7.89. The van der Waals surface area contributed by atoms with Crippen molar-refractivity contribution in [3.05, 3.63) is 65.0 Å². The average Bonchev–Trinajstić information content (AvgIpc) is 3.02. The van der Waals surface area contributed by atoms with E-state index in [0.717, 1.165) is 23.2 Å². The fourth-order valence-electron chi connectivity index (χ4n) is 2.69. The molecule has 3 aromatic rings. The lowest BCUT2D eigenvalue weighted by molar-refractivity contribution is 0.514. The summed E-state index contributed by atoms with van der Waals surface area (Å²) in [4.78, 5) is 0. The van der Waals surface area contributed by atoms with Crippen molar-refractivity contribution in [2.75, 3.05) is 5.32 Å². The summed E-state index contributed by atoms with van der Waals surface area (Å²) in [6.07, 6.45) is 0.988. The highest BCUT2D eigenvalue weighted by molar-refractivity contribution is 5.58. The van der Waals surface area contributed by atoms with Crippen LogP contribution in [0.2, 0.25) is 0 Å². The highest BCUT2D eigenvalue weighted by atomic mass is 16.4. The lowest BCUT2D eigenvalue weighted by Crippen LogP contribution is -2.04. The van der Waals surface area contributed by atoms with Crippen LogP contribution in [0, 0.1) is 13.8 Å². The monoisotopic (exact) mass is 307 g/mol. The topological polar surface area (TPSA) is 51.0 Å². The van der Waals surface area contributed by atoms with Crippen LogP contribution < -0.4 is 5.32 Å². The molecular formula is C19H21N3O. The van der Waals surface area contributed by atoms with Gasteiger partial charge in [-0.3, -0.25) is 0 Å². The van der Waals surface area contributed by atoms with Crippen LogP contribution in [0.25, 0.3) is 11.5 Å². The minimum Gasteiger partial charge on any atom is -0.419 e. The number of para-hydroxylation sites is 1. The predicted octanol–water partition coefficient (Wildman–Crippen LogP) is 4.53. The van der Waals surface area contributed by atoms with Gasteiger partial charge in [0.2, 0.25) is 11.8 Å². The smallest absolute Gasteiger partial charge is 0.248 e. The molecule has 0 saturated carbocycles. The second-order valence-corrected chi connectivity index (χ2v) is 5.63. The Balaban J connectivity index is 1.77. The number of aryl methyl sites for hydroxylation is 3. The summed E-state index contributed by atoms with van der Waals surface area (Å²) < 4.78 is 5.80. The summed E-state index contributed by atoms with van der Waals surface area (Å²) >= 11 is 0. The van der Waals surface area contributed by atoms with Crippen LogP contribution in [-0.2, 0) is 13.0 Å². The van der Waals surface area contributed by atoms with E-state index in [2.05, 4.69) is 47.6 Å². The molecule has 0 aliphatic rings. The van der Waals surface area contributed by atoms with E-state index in [0.29, 0.717) is 18.3 Å². The first-order valence-corrected chi connectivity index (χ1v) is 7.89. The van der Waals surface area contributed by atoms with Crippen molar-refractivity contribution in [2.24, 2.45) is 0 Å². The van der Waals surface area contributed by atoms with Crippen molar-refractivity contribution in [2.45, 2.75) is 33.7 Å². The molecular weight excluding hydrogens is 286 g/mol. The highest BCUT2D eigenvalue weighted by Crippen LogP contribution is 2.24. The minimum atomic E-state index is 0.525. The van der Waals surface area contributed by atoms with Crippen molar-refractivity contribution in [1.82, 2.24) is 10.2 Å². The van der Waals surface area contributed by atoms with Crippen LogP contribution in [0.4, 0.5) is 5.69 Å². The zero-order chi connectivity index (χ0) is 16.2. The van der Waals surface area contributed by atoms with Gasteiger partial charge in [-0.25, -0.2) is 0 Å². The van der Waals surface area contributed by atoms with Gasteiger partial charge in [0.1, 0.15) is 0 Å². The van der Waals surface area contributed by atoms with Gasteiger partial charge in [-0.1, -0.05) is 43.3 Å². The molecule has 4 nitrogen and oxygen atoms in total. The van der Waals surface area contributed by atoms with E-state index in [1.165, 1.54) is 11.1 Å². The molecule has 2 aromatic carbocycles. The van der Waals surface area contributed by atoms with Crippen molar-refractivity contribution in [1.29, 1.82) is 0 Å². The molecule has 0 spiro atoms. The molecule has 0 unspecified atom stereocenters. The summed E-state index contributed by atoms with van der Waals surface area (Å²) in [5.74, 6) is 1.16. The molecule has 0 aliphatic carbocycles. The van der Waals surface area contributed by atoms with Gasteiger partial charge in [-0.2, -0.15) is 0 Å². The quantitative estimate of drug-likeness (QED) is 0.752. The van der Waals surface area contributed by atoms with Gasteiger partial charge in [0.05, 0.1) is 6.54 Å². The molecule has 0 atom stereocenters. The lowest BCUT2D eigenvalue weighted by Gasteiger charge is -2.12. The van der Waals surface area contributed by atoms with Crippen molar-refractivity contribution >= 4 is 5.69 Å². The van der Waals surface area contributed by atoms with Gasteiger partial charge in [0.25, 0.3) is 0 Å². The molecule has 0 bridgehead atoms. The maximum Gasteiger partial charge on any atom is 0.248 e. The standard InChI is InChI=1S/C19H21N3O/c1-4-15-10-7-9-14(3)18(15)20-12-17-21-22-19(23-17)16-11-6-5-8-13(16)2/h5-11,20H,4,12H2,1-3H3. The number of benzene rings is 2. The zero-order valence-electron chi connectivity index (χ0n) is 13.8. The predicted molar refractivity (Wildman–Crippen MR) is 92.4 cm³/mol. The molecule has 0 fully saturated rings. The van der Waals surface area contributed by atoms with Gasteiger partial charge in [-0.15, -0.1) is 10.2 Å². The summed E-state index contributed by atoms with van der Waals surface area (Å²) in [6, 6.07) is 14.3. The second-order valence-electron chi connectivity index (χ2n) is 5.63. The van der Waals surface area contributed by atoms with Gasteiger partial charge in [-0.05, 0) is 43.0 Å². The van der Waals surface area contributed by atoms with E-state index in [4.69, 9.17) is 4.42 Å². The Morgan fingerprint density at radius 1 is 0.957 bits per heavy atom.